The number of hydrogen-bond acceptors (Lipinski definition) is 5. The Balaban J connectivity index is 2.54. The molecule has 1 atom stereocenters. The van der Waals surface area contributed by atoms with Gasteiger partial charge in [0.15, 0.2) is 5.84 Å². The first kappa shape index (κ1) is 12.9. The molecule has 92 valence electrons. The molecule has 1 heterocycles. The number of nitrogens with one attached hydrogen (secondary N) is 1. The van der Waals surface area contributed by atoms with Crippen LogP contribution in [0.15, 0.2) is 17.4 Å². The minimum atomic E-state index is -0.678. The van der Waals surface area contributed by atoms with Gasteiger partial charge in [0, 0.05) is 6.20 Å². The zero-order valence-corrected chi connectivity index (χ0v) is 9.71. The lowest BCUT2D eigenvalue weighted by atomic mass is 10.1. The lowest BCUT2D eigenvalue weighted by Crippen LogP contribution is -2.37. The monoisotopic (exact) mass is 237 g/mol. The molecule has 0 aliphatic rings. The lowest BCUT2D eigenvalue weighted by molar-refractivity contribution is -0.122. The average molecular weight is 237 g/mol. The summed E-state index contributed by atoms with van der Waals surface area (Å²) in [7, 11) is 0. The van der Waals surface area contributed by atoms with Gasteiger partial charge in [-0.15, -0.1) is 0 Å². The van der Waals surface area contributed by atoms with Gasteiger partial charge in [0.25, 0.3) is 0 Å². The van der Waals surface area contributed by atoms with Crippen LogP contribution in [0, 0.1) is 12.8 Å². The van der Waals surface area contributed by atoms with Gasteiger partial charge in [-0.1, -0.05) is 5.16 Å². The van der Waals surface area contributed by atoms with Crippen molar-refractivity contribution in [2.45, 2.75) is 20.4 Å². The van der Waals surface area contributed by atoms with E-state index in [-0.39, 0.29) is 18.3 Å². The molecule has 1 aromatic rings. The van der Waals surface area contributed by atoms with Gasteiger partial charge in [-0.05, 0) is 19.9 Å². The molecule has 1 rings (SSSR count). The van der Waals surface area contributed by atoms with E-state index in [1.54, 1.807) is 26.1 Å². The second-order valence-corrected chi connectivity index (χ2v) is 3.56. The molecule has 4 N–H and O–H groups in total. The number of nitrogens with zero attached hydrogens (tertiary/aromatic N) is 3. The smallest absolute Gasteiger partial charge is 0.230 e. The van der Waals surface area contributed by atoms with Crippen LogP contribution in [-0.4, -0.2) is 26.9 Å². The van der Waals surface area contributed by atoms with Crippen molar-refractivity contribution in [2.75, 3.05) is 0 Å². The fraction of sp³-hybridized carbons (Fsp3) is 0.400. The van der Waals surface area contributed by atoms with Gasteiger partial charge in [0.05, 0.1) is 18.2 Å². The molecule has 1 unspecified atom stereocenters. The third kappa shape index (κ3) is 3.71. The SMILES string of the molecule is Cc1nccc(CNC(=O)C(C)C(N)=NO)n1. The molecule has 7 heteroatoms. The van der Waals surface area contributed by atoms with Crippen molar-refractivity contribution in [2.24, 2.45) is 16.8 Å². The van der Waals surface area contributed by atoms with Gasteiger partial charge in [0.1, 0.15) is 5.82 Å². The Labute approximate surface area is 98.8 Å². The largest absolute Gasteiger partial charge is 0.409 e. The van der Waals surface area contributed by atoms with E-state index in [1.807, 2.05) is 0 Å². The molecular formula is C10H15N5O2. The summed E-state index contributed by atoms with van der Waals surface area (Å²) >= 11 is 0. The van der Waals surface area contributed by atoms with Gasteiger partial charge in [0.2, 0.25) is 5.91 Å². The first-order valence-electron chi connectivity index (χ1n) is 5.08. The van der Waals surface area contributed by atoms with Crippen LogP contribution in [0.1, 0.15) is 18.4 Å². The van der Waals surface area contributed by atoms with Crippen LogP contribution in [0.3, 0.4) is 0 Å². The van der Waals surface area contributed by atoms with Crippen molar-refractivity contribution in [3.8, 4) is 0 Å². The minimum absolute atomic E-state index is 0.124. The highest BCUT2D eigenvalue weighted by atomic mass is 16.4. The summed E-state index contributed by atoms with van der Waals surface area (Å²) in [6.07, 6.45) is 1.62. The van der Waals surface area contributed by atoms with Crippen LogP contribution < -0.4 is 11.1 Å². The average Bonchev–Trinajstić information content (AvgIpc) is 2.34. The van der Waals surface area contributed by atoms with Crippen LogP contribution in [0.25, 0.3) is 0 Å². The van der Waals surface area contributed by atoms with Gasteiger partial charge >= 0.3 is 0 Å². The number of aromatic nitrogens is 2. The molecular weight excluding hydrogens is 222 g/mol. The van der Waals surface area contributed by atoms with Gasteiger partial charge in [-0.3, -0.25) is 4.79 Å². The maximum absolute atomic E-state index is 11.6. The number of rotatable bonds is 4. The highest BCUT2D eigenvalue weighted by Crippen LogP contribution is 1.98. The molecule has 7 nitrogen and oxygen atoms in total. The zero-order valence-electron chi connectivity index (χ0n) is 9.71. The molecule has 0 saturated carbocycles. The second kappa shape index (κ2) is 5.78. The molecule has 0 aromatic carbocycles. The molecule has 0 spiro atoms. The first-order chi connectivity index (χ1) is 8.04. The fourth-order valence-corrected chi connectivity index (χ4v) is 1.16. The number of amidine groups is 1. The maximum Gasteiger partial charge on any atom is 0.230 e. The summed E-state index contributed by atoms with van der Waals surface area (Å²) in [4.78, 5) is 19.7. The molecule has 1 aromatic heterocycles. The Hall–Kier alpha value is -2.18. The molecule has 0 saturated heterocycles. The summed E-state index contributed by atoms with van der Waals surface area (Å²) < 4.78 is 0. The Kier molecular flexibility index (Phi) is 4.38. The molecule has 17 heavy (non-hydrogen) atoms. The van der Waals surface area contributed by atoms with Crippen molar-refractivity contribution < 1.29 is 10.0 Å². The topological polar surface area (TPSA) is 113 Å². The van der Waals surface area contributed by atoms with Gasteiger partial charge in [-0.25, -0.2) is 9.97 Å². The third-order valence-electron chi connectivity index (χ3n) is 2.23. The highest BCUT2D eigenvalue weighted by molar-refractivity contribution is 6.01. The maximum atomic E-state index is 11.6. The van der Waals surface area contributed by atoms with Crippen LogP contribution in [0.5, 0.6) is 0 Å². The van der Waals surface area contributed by atoms with Crippen molar-refractivity contribution >= 4 is 11.7 Å². The summed E-state index contributed by atoms with van der Waals surface area (Å²) in [6, 6.07) is 1.71. The molecule has 0 bridgehead atoms. The van der Waals surface area contributed by atoms with Crippen LogP contribution in [0.4, 0.5) is 0 Å². The van der Waals surface area contributed by atoms with Crippen molar-refractivity contribution in [1.82, 2.24) is 15.3 Å². The van der Waals surface area contributed by atoms with E-state index in [4.69, 9.17) is 10.9 Å². The predicted molar refractivity (Wildman–Crippen MR) is 61.2 cm³/mol. The minimum Gasteiger partial charge on any atom is -0.409 e. The Bertz CT molecular complexity index is 432. The van der Waals surface area contributed by atoms with Crippen molar-refractivity contribution in [1.29, 1.82) is 0 Å². The van der Waals surface area contributed by atoms with E-state index < -0.39 is 5.92 Å². The Morgan fingerprint density at radius 1 is 1.71 bits per heavy atom. The first-order valence-corrected chi connectivity index (χ1v) is 5.08. The molecule has 0 aliphatic carbocycles. The third-order valence-corrected chi connectivity index (χ3v) is 2.23. The normalized spacial score (nSPS) is 13.2. The van der Waals surface area contributed by atoms with Crippen LogP contribution >= 0.6 is 0 Å². The van der Waals surface area contributed by atoms with Gasteiger partial charge in [-0.2, -0.15) is 0 Å². The molecule has 1 amide bonds. The number of oxime groups is 1. The lowest BCUT2D eigenvalue weighted by Gasteiger charge is -2.10. The van der Waals surface area contributed by atoms with E-state index in [1.165, 1.54) is 0 Å². The summed E-state index contributed by atoms with van der Waals surface area (Å²) in [5, 5.41) is 13.9. The standard InChI is InChI=1S/C10H15N5O2/c1-6(9(11)15-17)10(16)13-5-8-3-4-12-7(2)14-8/h3-4,6,17H,5H2,1-2H3,(H2,11,15)(H,13,16). The van der Waals surface area contributed by atoms with Crippen LogP contribution in [0.2, 0.25) is 0 Å². The number of carbonyl (C=O) groups excluding carboxylic acids is 1. The number of amides is 1. The number of nitrogens with two attached hydrogens (primary N) is 1. The van der Waals surface area contributed by atoms with Crippen molar-refractivity contribution in [3.05, 3.63) is 23.8 Å². The van der Waals surface area contributed by atoms with E-state index in [9.17, 15) is 4.79 Å². The molecule has 0 radical (unpaired) electrons. The summed E-state index contributed by atoms with van der Waals surface area (Å²) in [5.41, 5.74) is 6.03. The predicted octanol–water partition coefficient (Wildman–Crippen LogP) is -0.216. The Morgan fingerprint density at radius 2 is 2.41 bits per heavy atom. The zero-order chi connectivity index (χ0) is 12.8. The number of hydrogen-bond donors (Lipinski definition) is 3. The summed E-state index contributed by atoms with van der Waals surface area (Å²) in [6.45, 7) is 3.60. The number of aryl methyl sites for hydroxylation is 1. The Morgan fingerprint density at radius 3 is 3.00 bits per heavy atom. The van der Waals surface area contributed by atoms with E-state index in [2.05, 4.69) is 20.4 Å². The van der Waals surface area contributed by atoms with Gasteiger partial charge < -0.3 is 16.3 Å². The van der Waals surface area contributed by atoms with E-state index in [0.717, 1.165) is 0 Å². The van der Waals surface area contributed by atoms with Crippen LogP contribution in [-0.2, 0) is 11.3 Å². The molecule has 0 aliphatic heterocycles. The second-order valence-electron chi connectivity index (χ2n) is 3.56. The quantitative estimate of drug-likeness (QED) is 0.290. The highest BCUT2D eigenvalue weighted by Gasteiger charge is 2.17. The van der Waals surface area contributed by atoms with Crippen molar-refractivity contribution in [3.63, 3.8) is 0 Å². The van der Waals surface area contributed by atoms with E-state index in [0.29, 0.717) is 11.5 Å². The summed E-state index contributed by atoms with van der Waals surface area (Å²) in [5.74, 6) is -0.484. The number of carbonyl (C=O) groups is 1. The fourth-order valence-electron chi connectivity index (χ4n) is 1.16. The molecule has 0 fully saturated rings. The van der Waals surface area contributed by atoms with E-state index >= 15 is 0 Å².